The SMILES string of the molecule is O=C(Nc1ccc2[nH]cc(C3CCN(Cc4cccc(CN5CCC(c6c[nH]c7ccc(NC(=O)c8ccc(F)cc8)cc67)CC5)n4)CC3)c2c1)c1ccc(F)cc1. The Balaban J connectivity index is 0.768. The van der Waals surface area contributed by atoms with Gasteiger partial charge in [-0.2, -0.15) is 0 Å². The highest BCUT2D eigenvalue weighted by atomic mass is 19.1. The number of carbonyl (C=O) groups excluding carboxylic acids is 2. The van der Waals surface area contributed by atoms with Crippen LogP contribution in [-0.4, -0.2) is 62.7 Å². The van der Waals surface area contributed by atoms with E-state index in [0.29, 0.717) is 34.3 Å². The van der Waals surface area contributed by atoms with Gasteiger partial charge in [-0.05, 0) is 172 Å². The molecule has 0 bridgehead atoms. The number of hydrogen-bond acceptors (Lipinski definition) is 5. The topological polar surface area (TPSA) is 109 Å². The average molecular weight is 778 g/mol. The number of anilines is 2. The van der Waals surface area contributed by atoms with Gasteiger partial charge in [0.2, 0.25) is 0 Å². The van der Waals surface area contributed by atoms with Crippen LogP contribution in [0.25, 0.3) is 21.8 Å². The largest absolute Gasteiger partial charge is 0.361 e. The van der Waals surface area contributed by atoms with Crippen LogP contribution in [0.2, 0.25) is 0 Å². The van der Waals surface area contributed by atoms with Crippen LogP contribution in [0.3, 0.4) is 0 Å². The van der Waals surface area contributed by atoms with Crippen LogP contribution in [0.1, 0.15) is 80.7 Å². The third-order valence-corrected chi connectivity index (χ3v) is 11.8. The summed E-state index contributed by atoms with van der Waals surface area (Å²) in [6.45, 7) is 5.56. The molecule has 0 radical (unpaired) electrons. The summed E-state index contributed by atoms with van der Waals surface area (Å²) in [5.41, 5.74) is 9.09. The number of H-pyrrole nitrogens is 2. The lowest BCUT2D eigenvalue weighted by Gasteiger charge is -2.32. The van der Waals surface area contributed by atoms with E-state index in [-0.39, 0.29) is 23.4 Å². The van der Waals surface area contributed by atoms with Crippen LogP contribution in [-0.2, 0) is 13.1 Å². The van der Waals surface area contributed by atoms with E-state index < -0.39 is 0 Å². The molecular weight excluding hydrogens is 733 g/mol. The number of benzene rings is 4. The Morgan fingerprint density at radius 2 is 1.00 bits per heavy atom. The van der Waals surface area contributed by atoms with E-state index in [0.717, 1.165) is 98.1 Å². The standard InChI is InChI=1S/C47H45F2N7O2/c48-34-8-4-32(5-9-34)46(57)53-36-12-14-44-40(24-36)42(26-50-44)30-16-20-55(21-17-30)28-38-2-1-3-39(52-38)29-56-22-18-31(19-23-56)43-27-51-45-15-13-37(25-41(43)45)54-47(58)33-6-10-35(49)11-7-33/h1-15,24-27,30-31,50-51H,16-23,28-29H2,(H,53,57)(H,54,58). The molecule has 0 saturated carbocycles. The lowest BCUT2D eigenvalue weighted by Crippen LogP contribution is -2.33. The van der Waals surface area contributed by atoms with E-state index >= 15 is 0 Å². The number of hydrogen-bond donors (Lipinski definition) is 4. The van der Waals surface area contributed by atoms with Gasteiger partial charge in [0.05, 0.1) is 11.4 Å². The summed E-state index contributed by atoms with van der Waals surface area (Å²) in [5, 5.41) is 8.17. The van der Waals surface area contributed by atoms with Gasteiger partial charge in [0.15, 0.2) is 0 Å². The van der Waals surface area contributed by atoms with Crippen molar-refractivity contribution in [3.63, 3.8) is 0 Å². The quantitative estimate of drug-likeness (QED) is 0.111. The molecule has 4 N–H and O–H groups in total. The first kappa shape index (κ1) is 37.4. The number of carbonyl (C=O) groups is 2. The molecule has 2 amide bonds. The molecule has 294 valence electrons. The van der Waals surface area contributed by atoms with Crippen molar-refractivity contribution in [1.82, 2.24) is 24.8 Å². The molecule has 2 aliphatic rings. The zero-order chi connectivity index (χ0) is 39.6. The maximum Gasteiger partial charge on any atom is 0.255 e. The van der Waals surface area contributed by atoms with Crippen molar-refractivity contribution in [2.24, 2.45) is 0 Å². The Morgan fingerprint density at radius 3 is 1.41 bits per heavy atom. The Morgan fingerprint density at radius 1 is 0.586 bits per heavy atom. The number of rotatable bonds is 10. The Hall–Kier alpha value is -6.17. The van der Waals surface area contributed by atoms with Crippen LogP contribution in [0, 0.1) is 11.6 Å². The van der Waals surface area contributed by atoms with Crippen LogP contribution >= 0.6 is 0 Å². The molecule has 0 unspecified atom stereocenters. The number of pyridine rings is 1. The predicted molar refractivity (Wildman–Crippen MR) is 224 cm³/mol. The van der Waals surface area contributed by atoms with E-state index in [1.54, 1.807) is 0 Å². The predicted octanol–water partition coefficient (Wildman–Crippen LogP) is 9.59. The first-order valence-electron chi connectivity index (χ1n) is 20.1. The number of fused-ring (bicyclic) bond motifs is 2. The maximum atomic E-state index is 13.3. The molecule has 11 heteroatoms. The summed E-state index contributed by atoms with van der Waals surface area (Å²) in [6, 6.07) is 29.4. The first-order valence-corrected chi connectivity index (χ1v) is 20.1. The Bertz CT molecular complexity index is 2390. The molecule has 9 rings (SSSR count). The lowest BCUT2D eigenvalue weighted by atomic mass is 9.89. The summed E-state index contributed by atoms with van der Waals surface area (Å²) in [6.07, 6.45) is 8.38. The highest BCUT2D eigenvalue weighted by Crippen LogP contribution is 2.36. The smallest absolute Gasteiger partial charge is 0.255 e. The zero-order valence-corrected chi connectivity index (χ0v) is 32.1. The highest BCUT2D eigenvalue weighted by molar-refractivity contribution is 6.06. The van der Waals surface area contributed by atoms with Crippen molar-refractivity contribution in [3.8, 4) is 0 Å². The molecule has 58 heavy (non-hydrogen) atoms. The third kappa shape index (κ3) is 8.27. The molecule has 4 aromatic carbocycles. The third-order valence-electron chi connectivity index (χ3n) is 11.8. The number of aromatic amines is 2. The maximum absolute atomic E-state index is 13.3. The number of likely N-dealkylation sites (tertiary alicyclic amines) is 2. The van der Waals surface area contributed by atoms with Gasteiger partial charge in [-0.3, -0.25) is 24.4 Å². The van der Waals surface area contributed by atoms with Gasteiger partial charge in [0.1, 0.15) is 11.6 Å². The fourth-order valence-electron chi connectivity index (χ4n) is 8.69. The molecular formula is C47H45F2N7O2. The molecule has 0 atom stereocenters. The number of nitrogens with zero attached hydrogens (tertiary/aromatic N) is 3. The number of aromatic nitrogens is 3. The van der Waals surface area contributed by atoms with Crippen molar-refractivity contribution >= 4 is 45.0 Å². The minimum absolute atomic E-state index is 0.264. The molecule has 0 aliphatic carbocycles. The van der Waals surface area contributed by atoms with Gasteiger partial charge < -0.3 is 20.6 Å². The van der Waals surface area contributed by atoms with Gasteiger partial charge in [-0.25, -0.2) is 8.78 Å². The summed E-state index contributed by atoms with van der Waals surface area (Å²) in [7, 11) is 0. The Kier molecular flexibility index (Phi) is 10.6. The lowest BCUT2D eigenvalue weighted by molar-refractivity contribution is 0.101. The van der Waals surface area contributed by atoms with Gasteiger partial charge in [0, 0.05) is 69.8 Å². The van der Waals surface area contributed by atoms with Crippen molar-refractivity contribution in [1.29, 1.82) is 0 Å². The average Bonchev–Trinajstić information content (AvgIpc) is 3.86. The van der Waals surface area contributed by atoms with Gasteiger partial charge >= 0.3 is 0 Å². The fourth-order valence-corrected chi connectivity index (χ4v) is 8.69. The fraction of sp³-hybridized carbons (Fsp3) is 0.255. The summed E-state index contributed by atoms with van der Waals surface area (Å²) in [4.78, 5) is 42.5. The number of nitrogens with one attached hydrogen (secondary N) is 4. The van der Waals surface area contributed by atoms with Gasteiger partial charge in [-0.15, -0.1) is 0 Å². The second-order valence-corrected chi connectivity index (χ2v) is 15.7. The molecule has 2 saturated heterocycles. The number of halogens is 2. The van der Waals surface area contributed by atoms with E-state index in [1.165, 1.54) is 59.7 Å². The molecule has 2 aliphatic heterocycles. The van der Waals surface area contributed by atoms with Crippen molar-refractivity contribution in [2.75, 3.05) is 36.8 Å². The second-order valence-electron chi connectivity index (χ2n) is 15.7. The van der Waals surface area contributed by atoms with Crippen LogP contribution < -0.4 is 10.6 Å². The van der Waals surface area contributed by atoms with Gasteiger partial charge in [0.25, 0.3) is 11.8 Å². The normalized spacial score (nSPS) is 15.9. The molecule has 5 heterocycles. The van der Waals surface area contributed by atoms with Crippen LogP contribution in [0.4, 0.5) is 20.2 Å². The summed E-state index contributed by atoms with van der Waals surface area (Å²) >= 11 is 0. The van der Waals surface area contributed by atoms with Crippen molar-refractivity contribution in [2.45, 2.75) is 50.6 Å². The van der Waals surface area contributed by atoms with Gasteiger partial charge in [-0.1, -0.05) is 6.07 Å². The second kappa shape index (κ2) is 16.4. The first-order chi connectivity index (χ1) is 28.3. The van der Waals surface area contributed by atoms with Crippen LogP contribution in [0.15, 0.2) is 116 Å². The van der Waals surface area contributed by atoms with Crippen molar-refractivity contribution in [3.05, 3.63) is 161 Å². The van der Waals surface area contributed by atoms with E-state index in [2.05, 4.69) is 61.0 Å². The van der Waals surface area contributed by atoms with E-state index in [1.807, 2.05) is 36.4 Å². The summed E-state index contributed by atoms with van der Waals surface area (Å²) in [5.74, 6) is -0.444. The highest BCUT2D eigenvalue weighted by Gasteiger charge is 2.25. The molecule has 0 spiro atoms. The minimum atomic E-state index is -0.370. The van der Waals surface area contributed by atoms with Crippen LogP contribution in [0.5, 0.6) is 0 Å². The number of amides is 2. The minimum Gasteiger partial charge on any atom is -0.361 e. The van der Waals surface area contributed by atoms with Crippen molar-refractivity contribution < 1.29 is 18.4 Å². The van der Waals surface area contributed by atoms with E-state index in [9.17, 15) is 18.4 Å². The molecule has 3 aromatic heterocycles. The summed E-state index contributed by atoms with van der Waals surface area (Å²) < 4.78 is 26.7. The Labute approximate surface area is 335 Å². The zero-order valence-electron chi connectivity index (χ0n) is 32.1. The number of piperidine rings is 2. The van der Waals surface area contributed by atoms with E-state index in [4.69, 9.17) is 4.98 Å². The molecule has 9 nitrogen and oxygen atoms in total. The molecule has 7 aromatic rings. The molecule has 2 fully saturated rings. The monoisotopic (exact) mass is 777 g/mol.